The number of sulfonamides is 1. The van der Waals surface area contributed by atoms with Crippen LogP contribution < -0.4 is 9.46 Å². The van der Waals surface area contributed by atoms with Gasteiger partial charge in [0.15, 0.2) is 0 Å². The number of rotatable bonds is 6. The molecule has 40 heavy (non-hydrogen) atoms. The molecule has 1 fully saturated rings. The third-order valence-electron chi connectivity index (χ3n) is 6.08. The normalized spacial score (nSPS) is 15.2. The number of ether oxygens (including phenoxy) is 1. The molecule has 0 unspecified atom stereocenters. The van der Waals surface area contributed by atoms with Crippen molar-refractivity contribution in [2.24, 2.45) is 0 Å². The molecule has 7 nitrogen and oxygen atoms in total. The van der Waals surface area contributed by atoms with Crippen molar-refractivity contribution in [3.63, 3.8) is 0 Å². The Morgan fingerprint density at radius 2 is 1.68 bits per heavy atom. The van der Waals surface area contributed by atoms with Crippen LogP contribution in [-0.4, -0.2) is 49.7 Å². The average molecular weight is 608 g/mol. The molecule has 1 N–H and O–H groups in total. The third kappa shape index (κ3) is 7.04. The Morgan fingerprint density at radius 3 is 2.27 bits per heavy atom. The number of hydrogen-bond donors (Lipinski definition) is 1. The highest BCUT2D eigenvalue weighted by atomic mass is 35.5. The van der Waals surface area contributed by atoms with Gasteiger partial charge < -0.3 is 9.64 Å². The molecular weight excluding hydrogens is 588 g/mol. The van der Waals surface area contributed by atoms with Gasteiger partial charge in [0.25, 0.3) is 5.91 Å². The number of hydrogen-bond acceptors (Lipinski definition) is 5. The number of aromatic nitrogens is 1. The van der Waals surface area contributed by atoms with E-state index in [9.17, 15) is 39.6 Å². The molecule has 3 aromatic rings. The molecule has 0 bridgehead atoms. The Kier molecular flexibility index (Phi) is 8.33. The van der Waals surface area contributed by atoms with Crippen molar-refractivity contribution in [2.45, 2.75) is 36.3 Å². The van der Waals surface area contributed by atoms with E-state index in [4.69, 9.17) is 11.6 Å². The topological polar surface area (TPSA) is 88.6 Å². The smallest absolute Gasteiger partial charge is 0.405 e. The molecule has 0 spiro atoms. The number of nitrogens with zero attached hydrogens (tertiary/aromatic N) is 2. The molecule has 0 saturated carbocycles. The summed E-state index contributed by atoms with van der Waals surface area (Å²) in [5.74, 6) is -1.09. The minimum absolute atomic E-state index is 0.133. The monoisotopic (exact) mass is 607 g/mol. The van der Waals surface area contributed by atoms with Crippen LogP contribution in [-0.2, 0) is 16.2 Å². The molecule has 4 rings (SSSR count). The number of halogens is 7. The molecular formula is C25H20ClF6N3O4S. The number of amides is 1. The van der Waals surface area contributed by atoms with Crippen LogP contribution in [0.25, 0.3) is 11.1 Å². The minimum Gasteiger partial charge on any atom is -0.405 e. The van der Waals surface area contributed by atoms with E-state index >= 15 is 0 Å². The summed E-state index contributed by atoms with van der Waals surface area (Å²) in [5, 5.41) is 0.203. The fourth-order valence-electron chi connectivity index (χ4n) is 4.24. The second kappa shape index (κ2) is 11.3. The fraction of sp³-hybridized carbons (Fsp3) is 0.280. The lowest BCUT2D eigenvalue weighted by Crippen LogP contribution is -2.46. The second-order valence-corrected chi connectivity index (χ2v) is 10.9. The highest BCUT2D eigenvalue weighted by Crippen LogP contribution is 2.40. The van der Waals surface area contributed by atoms with Crippen molar-refractivity contribution in [3.05, 3.63) is 77.1 Å². The molecule has 0 radical (unpaired) electrons. The van der Waals surface area contributed by atoms with E-state index in [0.717, 1.165) is 18.2 Å². The van der Waals surface area contributed by atoms with E-state index in [-0.39, 0.29) is 53.7 Å². The van der Waals surface area contributed by atoms with E-state index < -0.39 is 44.8 Å². The summed E-state index contributed by atoms with van der Waals surface area (Å²) in [4.78, 5) is 16.9. The van der Waals surface area contributed by atoms with Gasteiger partial charge in [0.1, 0.15) is 10.9 Å². The Bertz CT molecular complexity index is 1490. The third-order valence-corrected chi connectivity index (χ3v) is 7.88. The summed E-state index contributed by atoms with van der Waals surface area (Å²) in [6, 6.07) is 8.88. The van der Waals surface area contributed by atoms with Gasteiger partial charge in [-0.25, -0.2) is 18.1 Å². The van der Waals surface area contributed by atoms with Crippen LogP contribution in [0, 0.1) is 0 Å². The number of benzene rings is 2. The maximum absolute atomic E-state index is 14.0. The van der Waals surface area contributed by atoms with E-state index in [1.807, 2.05) is 0 Å². The summed E-state index contributed by atoms with van der Waals surface area (Å²) in [5.41, 5.74) is -1.91. The minimum atomic E-state index is -5.15. The number of nitrogens with one attached hydrogen (secondary N) is 1. The number of alkyl halides is 6. The highest BCUT2D eigenvalue weighted by Gasteiger charge is 2.39. The van der Waals surface area contributed by atoms with Crippen LogP contribution in [0.5, 0.6) is 5.75 Å². The van der Waals surface area contributed by atoms with Crippen LogP contribution in [0.3, 0.4) is 0 Å². The first kappa shape index (κ1) is 29.6. The standard InChI is InChI=1S/C25H20ClF6N3O4S/c26-22-8-6-16(14-33-22)23(36)35-11-9-17(10-12-35)34-40(37,38)21-7-5-15(13-19(21)24(27,28)29)18-3-1-2-4-20(18)39-25(30,31)32/h1-8,13-14,17,34H,9-12H2. The van der Waals surface area contributed by atoms with Gasteiger partial charge in [-0.3, -0.25) is 4.79 Å². The zero-order valence-electron chi connectivity index (χ0n) is 20.3. The molecule has 0 aliphatic carbocycles. The predicted octanol–water partition coefficient (Wildman–Crippen LogP) is 5.90. The summed E-state index contributed by atoms with van der Waals surface area (Å²) in [6.07, 6.45) is -8.68. The van der Waals surface area contributed by atoms with Crippen molar-refractivity contribution in [2.75, 3.05) is 13.1 Å². The lowest BCUT2D eigenvalue weighted by atomic mass is 10.0. The van der Waals surface area contributed by atoms with Crippen LogP contribution in [0.4, 0.5) is 26.3 Å². The van der Waals surface area contributed by atoms with Gasteiger partial charge in [-0.2, -0.15) is 13.2 Å². The van der Waals surface area contributed by atoms with Gasteiger partial charge in [0, 0.05) is 30.9 Å². The van der Waals surface area contributed by atoms with E-state index in [1.165, 1.54) is 35.4 Å². The summed E-state index contributed by atoms with van der Waals surface area (Å²) >= 11 is 5.72. The number of carbonyl (C=O) groups excluding carboxylic acids is 1. The van der Waals surface area contributed by atoms with E-state index in [1.54, 1.807) is 0 Å². The zero-order chi connectivity index (χ0) is 29.3. The van der Waals surface area contributed by atoms with Crippen molar-refractivity contribution in [3.8, 4) is 16.9 Å². The summed E-state index contributed by atoms with van der Waals surface area (Å²) < 4.78 is 113. The van der Waals surface area contributed by atoms with Crippen LogP contribution >= 0.6 is 11.6 Å². The number of pyridine rings is 1. The Labute approximate surface area is 229 Å². The highest BCUT2D eigenvalue weighted by molar-refractivity contribution is 7.89. The van der Waals surface area contributed by atoms with Crippen LogP contribution in [0.1, 0.15) is 28.8 Å². The maximum Gasteiger partial charge on any atom is 0.573 e. The first-order chi connectivity index (χ1) is 18.6. The van der Waals surface area contributed by atoms with E-state index in [2.05, 4.69) is 14.4 Å². The molecule has 15 heteroatoms. The maximum atomic E-state index is 14.0. The van der Waals surface area contributed by atoms with Gasteiger partial charge in [-0.05, 0) is 48.7 Å². The summed E-state index contributed by atoms with van der Waals surface area (Å²) in [7, 11) is -4.72. The zero-order valence-corrected chi connectivity index (χ0v) is 21.8. The van der Waals surface area contributed by atoms with Gasteiger partial charge in [0.2, 0.25) is 10.0 Å². The van der Waals surface area contributed by atoms with Gasteiger partial charge in [-0.1, -0.05) is 35.9 Å². The largest absolute Gasteiger partial charge is 0.573 e. The van der Waals surface area contributed by atoms with Gasteiger partial charge in [0.05, 0.1) is 16.0 Å². The number of piperidine rings is 1. The van der Waals surface area contributed by atoms with Crippen molar-refractivity contribution >= 4 is 27.5 Å². The fourth-order valence-corrected chi connectivity index (χ4v) is 5.87. The van der Waals surface area contributed by atoms with Crippen molar-refractivity contribution in [1.29, 1.82) is 0 Å². The van der Waals surface area contributed by atoms with Gasteiger partial charge in [-0.15, -0.1) is 13.2 Å². The molecule has 2 aromatic carbocycles. The average Bonchev–Trinajstić information content (AvgIpc) is 2.87. The molecule has 1 aliphatic rings. The predicted molar refractivity (Wildman–Crippen MR) is 132 cm³/mol. The second-order valence-electron chi connectivity index (χ2n) is 8.81. The molecule has 1 saturated heterocycles. The molecule has 214 valence electrons. The number of para-hydroxylation sites is 1. The number of carbonyl (C=O) groups is 1. The number of likely N-dealkylation sites (tertiary alicyclic amines) is 1. The Morgan fingerprint density at radius 1 is 1.00 bits per heavy atom. The first-order valence-electron chi connectivity index (χ1n) is 11.6. The van der Waals surface area contributed by atoms with E-state index in [0.29, 0.717) is 12.1 Å². The molecule has 1 aliphatic heterocycles. The van der Waals surface area contributed by atoms with Crippen LogP contribution in [0.15, 0.2) is 65.7 Å². The van der Waals surface area contributed by atoms with Crippen molar-refractivity contribution in [1.82, 2.24) is 14.6 Å². The molecule has 1 aromatic heterocycles. The van der Waals surface area contributed by atoms with Crippen LogP contribution in [0.2, 0.25) is 5.15 Å². The van der Waals surface area contributed by atoms with Crippen molar-refractivity contribution < 1.29 is 44.3 Å². The molecule has 0 atom stereocenters. The summed E-state index contributed by atoms with van der Waals surface area (Å²) in [6.45, 7) is 0.269. The molecule has 1 amide bonds. The molecule has 2 heterocycles. The Hall–Kier alpha value is -3.36. The lowest BCUT2D eigenvalue weighted by Gasteiger charge is -2.32. The van der Waals surface area contributed by atoms with Gasteiger partial charge >= 0.3 is 12.5 Å². The Balaban J connectivity index is 1.54. The first-order valence-corrected chi connectivity index (χ1v) is 13.5. The lowest BCUT2D eigenvalue weighted by molar-refractivity contribution is -0.274. The quantitative estimate of drug-likeness (QED) is 0.278. The SMILES string of the molecule is O=C(c1ccc(Cl)nc1)N1CCC(NS(=O)(=O)c2ccc(-c3ccccc3OC(F)(F)F)cc2C(F)(F)F)CC1.